The lowest BCUT2D eigenvalue weighted by molar-refractivity contribution is 0.321. The summed E-state index contributed by atoms with van der Waals surface area (Å²) in [5.41, 5.74) is 5.02. The molecule has 118 valence electrons. The molecule has 0 saturated heterocycles. The maximum absolute atomic E-state index is 9.71. The van der Waals surface area contributed by atoms with Crippen LogP contribution in [-0.4, -0.2) is 23.4 Å². The topological polar surface area (TPSA) is 40.5 Å². The highest BCUT2D eigenvalue weighted by Gasteiger charge is 2.14. The quantitative estimate of drug-likeness (QED) is 0.536. The smallest absolute Gasteiger partial charge is 0.0647 e. The summed E-state index contributed by atoms with van der Waals surface area (Å²) in [6, 6.07) is 0. The van der Waals surface area contributed by atoms with Crippen LogP contribution in [0.4, 0.5) is 0 Å². The van der Waals surface area contributed by atoms with E-state index in [2.05, 4.69) is 27.7 Å². The minimum Gasteiger partial charge on any atom is -0.392 e. The van der Waals surface area contributed by atoms with Gasteiger partial charge < -0.3 is 10.2 Å². The zero-order valence-corrected chi connectivity index (χ0v) is 14.0. The Balaban J connectivity index is 5.74. The van der Waals surface area contributed by atoms with Gasteiger partial charge in [0.1, 0.15) is 0 Å². The Bertz CT molecular complexity index is 281. The van der Waals surface area contributed by atoms with Crippen LogP contribution in [0.2, 0.25) is 0 Å². The third-order valence-corrected chi connectivity index (χ3v) is 3.70. The van der Waals surface area contributed by atoms with E-state index in [1.54, 1.807) is 0 Å². The summed E-state index contributed by atoms with van der Waals surface area (Å²) < 4.78 is 0. The van der Waals surface area contributed by atoms with Crippen LogP contribution in [0.15, 0.2) is 22.3 Å². The molecule has 0 aromatic heterocycles. The van der Waals surface area contributed by atoms with E-state index in [4.69, 9.17) is 0 Å². The van der Waals surface area contributed by atoms with E-state index < -0.39 is 0 Å². The minimum absolute atomic E-state index is 0.154. The molecule has 0 aromatic rings. The van der Waals surface area contributed by atoms with Gasteiger partial charge in [-0.3, -0.25) is 0 Å². The molecule has 0 radical (unpaired) electrons. The monoisotopic (exact) mass is 282 g/mol. The van der Waals surface area contributed by atoms with Crippen LogP contribution in [0.25, 0.3) is 0 Å². The second kappa shape index (κ2) is 12.2. The van der Waals surface area contributed by atoms with Crippen molar-refractivity contribution < 1.29 is 10.2 Å². The van der Waals surface area contributed by atoms with Crippen molar-refractivity contribution >= 4 is 0 Å². The summed E-state index contributed by atoms with van der Waals surface area (Å²) in [6.07, 6.45) is 8.24. The first-order valence-electron chi connectivity index (χ1n) is 8.33. The van der Waals surface area contributed by atoms with Crippen LogP contribution < -0.4 is 0 Å². The van der Waals surface area contributed by atoms with Crippen molar-refractivity contribution in [2.75, 3.05) is 13.2 Å². The van der Waals surface area contributed by atoms with Gasteiger partial charge in [-0.2, -0.15) is 0 Å². The maximum atomic E-state index is 9.71. The van der Waals surface area contributed by atoms with E-state index >= 15 is 0 Å². The summed E-state index contributed by atoms with van der Waals surface area (Å²) in [5.74, 6) is 0. The summed E-state index contributed by atoms with van der Waals surface area (Å²) >= 11 is 0. The Kier molecular flexibility index (Phi) is 11.8. The average molecular weight is 282 g/mol. The summed E-state index contributed by atoms with van der Waals surface area (Å²) in [4.78, 5) is 0. The van der Waals surface area contributed by atoms with Gasteiger partial charge in [0.05, 0.1) is 13.2 Å². The minimum atomic E-state index is 0.154. The summed E-state index contributed by atoms with van der Waals surface area (Å²) in [7, 11) is 0. The van der Waals surface area contributed by atoms with Crippen molar-refractivity contribution in [1.82, 2.24) is 0 Å². The Labute approximate surface area is 125 Å². The fraction of sp³-hybridized carbons (Fsp3) is 0.778. The van der Waals surface area contributed by atoms with Crippen LogP contribution in [-0.2, 0) is 0 Å². The van der Waals surface area contributed by atoms with Gasteiger partial charge in [0.2, 0.25) is 0 Å². The number of rotatable bonds is 11. The fourth-order valence-electron chi connectivity index (χ4n) is 2.84. The third-order valence-electron chi connectivity index (χ3n) is 3.70. The molecule has 0 saturated carbocycles. The van der Waals surface area contributed by atoms with Gasteiger partial charge >= 0.3 is 0 Å². The molecule has 2 nitrogen and oxygen atoms in total. The maximum Gasteiger partial charge on any atom is 0.0647 e. The molecular weight excluding hydrogens is 248 g/mol. The van der Waals surface area contributed by atoms with Gasteiger partial charge in [0, 0.05) is 0 Å². The molecule has 0 heterocycles. The summed E-state index contributed by atoms with van der Waals surface area (Å²) in [5, 5.41) is 19.4. The molecule has 0 rings (SSSR count). The van der Waals surface area contributed by atoms with Crippen molar-refractivity contribution in [3.05, 3.63) is 22.3 Å². The molecular formula is C18H34O2. The van der Waals surface area contributed by atoms with Crippen LogP contribution in [0.5, 0.6) is 0 Å². The van der Waals surface area contributed by atoms with E-state index in [1.807, 2.05) is 0 Å². The lowest BCUT2D eigenvalue weighted by Crippen LogP contribution is -2.06. The molecule has 0 aliphatic heterocycles. The standard InChI is InChI=1S/C18H34O2/c1-5-9-15(13-19)17(11-7-3)18(12-8-4)16(14-20)10-6-2/h19-20H,5-14H2,1-4H3/b17-15-,18-16-. The van der Waals surface area contributed by atoms with E-state index in [-0.39, 0.29) is 13.2 Å². The predicted octanol–water partition coefficient (Wildman–Crippen LogP) is 4.76. The fourth-order valence-corrected chi connectivity index (χ4v) is 2.84. The second-order valence-electron chi connectivity index (χ2n) is 5.48. The Morgan fingerprint density at radius 1 is 0.550 bits per heavy atom. The number of hydrogen-bond donors (Lipinski definition) is 2. The molecule has 0 unspecified atom stereocenters. The number of allylic oxidation sites excluding steroid dienone is 2. The molecule has 2 N–H and O–H groups in total. The zero-order chi connectivity index (χ0) is 15.4. The molecule has 0 fully saturated rings. The van der Waals surface area contributed by atoms with Crippen LogP contribution in [0.3, 0.4) is 0 Å². The largest absolute Gasteiger partial charge is 0.392 e. The molecule has 0 aromatic carbocycles. The first-order chi connectivity index (χ1) is 9.69. The first kappa shape index (κ1) is 19.4. The van der Waals surface area contributed by atoms with E-state index in [0.29, 0.717) is 0 Å². The second-order valence-corrected chi connectivity index (χ2v) is 5.48. The highest BCUT2D eigenvalue weighted by molar-refractivity contribution is 5.39. The molecule has 0 amide bonds. The number of hydrogen-bond acceptors (Lipinski definition) is 2. The molecule has 0 atom stereocenters. The Morgan fingerprint density at radius 2 is 0.850 bits per heavy atom. The van der Waals surface area contributed by atoms with Crippen molar-refractivity contribution in [2.24, 2.45) is 0 Å². The molecule has 0 aliphatic rings. The predicted molar refractivity (Wildman–Crippen MR) is 87.9 cm³/mol. The molecule has 0 bridgehead atoms. The lowest BCUT2D eigenvalue weighted by Gasteiger charge is -2.20. The van der Waals surface area contributed by atoms with E-state index in [0.717, 1.165) is 51.4 Å². The normalized spacial score (nSPS) is 14.1. The Morgan fingerprint density at radius 3 is 1.05 bits per heavy atom. The van der Waals surface area contributed by atoms with Gasteiger partial charge in [0.25, 0.3) is 0 Å². The van der Waals surface area contributed by atoms with Crippen LogP contribution in [0, 0.1) is 0 Å². The highest BCUT2D eigenvalue weighted by atomic mass is 16.3. The van der Waals surface area contributed by atoms with Crippen molar-refractivity contribution in [1.29, 1.82) is 0 Å². The van der Waals surface area contributed by atoms with E-state index in [9.17, 15) is 10.2 Å². The van der Waals surface area contributed by atoms with Gasteiger partial charge in [-0.05, 0) is 48.0 Å². The molecule has 0 aliphatic carbocycles. The Hall–Kier alpha value is -0.600. The van der Waals surface area contributed by atoms with Gasteiger partial charge in [-0.15, -0.1) is 0 Å². The van der Waals surface area contributed by atoms with E-state index in [1.165, 1.54) is 22.3 Å². The van der Waals surface area contributed by atoms with Crippen molar-refractivity contribution in [3.63, 3.8) is 0 Å². The SMILES string of the molecule is CCC/C(CO)=C(CCC)/C(CCC)=C(\CO)CCC. The third kappa shape index (κ3) is 6.23. The average Bonchev–Trinajstić information content (AvgIpc) is 2.46. The lowest BCUT2D eigenvalue weighted by atomic mass is 9.87. The highest BCUT2D eigenvalue weighted by Crippen LogP contribution is 2.30. The van der Waals surface area contributed by atoms with Gasteiger partial charge in [0.15, 0.2) is 0 Å². The molecule has 0 spiro atoms. The van der Waals surface area contributed by atoms with Gasteiger partial charge in [-0.25, -0.2) is 0 Å². The summed E-state index contributed by atoms with van der Waals surface area (Å²) in [6.45, 7) is 8.98. The first-order valence-corrected chi connectivity index (χ1v) is 8.33. The number of aliphatic hydroxyl groups excluding tert-OH is 2. The molecule has 2 heteroatoms. The van der Waals surface area contributed by atoms with Crippen LogP contribution >= 0.6 is 0 Å². The van der Waals surface area contributed by atoms with Crippen LogP contribution in [0.1, 0.15) is 79.1 Å². The van der Waals surface area contributed by atoms with Crippen molar-refractivity contribution in [3.8, 4) is 0 Å². The molecule has 20 heavy (non-hydrogen) atoms. The number of aliphatic hydroxyl groups is 2. The van der Waals surface area contributed by atoms with Crippen molar-refractivity contribution in [2.45, 2.75) is 79.1 Å². The van der Waals surface area contributed by atoms with Gasteiger partial charge in [-0.1, -0.05) is 53.4 Å². The zero-order valence-electron chi connectivity index (χ0n) is 14.0.